The summed E-state index contributed by atoms with van der Waals surface area (Å²) in [6, 6.07) is 6.42. The van der Waals surface area contributed by atoms with E-state index in [1.807, 2.05) is 19.2 Å². The summed E-state index contributed by atoms with van der Waals surface area (Å²) in [5.41, 5.74) is 3.42. The number of carbonyl (C=O) groups excluding carboxylic acids is 1. The summed E-state index contributed by atoms with van der Waals surface area (Å²) in [6.07, 6.45) is 6.82. The lowest BCUT2D eigenvalue weighted by molar-refractivity contribution is -0.133. The Bertz CT molecular complexity index is 739. The van der Waals surface area contributed by atoms with Gasteiger partial charge < -0.3 is 4.90 Å². The maximum Gasteiger partial charge on any atom is 0.226 e. The Hall–Kier alpha value is -2.17. The van der Waals surface area contributed by atoms with Gasteiger partial charge in [0.25, 0.3) is 0 Å². The van der Waals surface area contributed by atoms with Crippen molar-refractivity contribution in [1.29, 1.82) is 0 Å². The van der Waals surface area contributed by atoms with Crippen LogP contribution in [0.25, 0.3) is 0 Å². The molecule has 1 aliphatic heterocycles. The molecular formula is C19H24N4O. The van der Waals surface area contributed by atoms with Gasteiger partial charge in [-0.25, -0.2) is 0 Å². The lowest BCUT2D eigenvalue weighted by Gasteiger charge is -2.25. The lowest BCUT2D eigenvalue weighted by atomic mass is 10.1. The van der Waals surface area contributed by atoms with Crippen LogP contribution in [0.5, 0.6) is 0 Å². The Balaban J connectivity index is 1.44. The van der Waals surface area contributed by atoms with Crippen molar-refractivity contribution < 1.29 is 4.79 Å². The summed E-state index contributed by atoms with van der Waals surface area (Å²) in [4.78, 5) is 19.3. The largest absolute Gasteiger partial charge is 0.338 e. The van der Waals surface area contributed by atoms with Crippen LogP contribution in [0, 0.1) is 19.8 Å². The Kier molecular flexibility index (Phi) is 3.87. The first-order chi connectivity index (χ1) is 11.6. The van der Waals surface area contributed by atoms with Crippen LogP contribution < -0.4 is 0 Å². The number of aryl methyl sites for hydroxylation is 2. The van der Waals surface area contributed by atoms with Gasteiger partial charge in [0, 0.05) is 30.6 Å². The van der Waals surface area contributed by atoms with E-state index >= 15 is 0 Å². The van der Waals surface area contributed by atoms with Gasteiger partial charge in [0.1, 0.15) is 0 Å². The first kappa shape index (κ1) is 15.4. The molecule has 0 unspecified atom stereocenters. The first-order valence-corrected chi connectivity index (χ1v) is 8.85. The molecule has 2 fully saturated rings. The molecule has 2 aliphatic rings. The van der Waals surface area contributed by atoms with Crippen LogP contribution in [0.2, 0.25) is 0 Å². The molecule has 1 aliphatic carbocycles. The van der Waals surface area contributed by atoms with Gasteiger partial charge in [-0.3, -0.25) is 14.5 Å². The minimum atomic E-state index is 0.148. The zero-order valence-electron chi connectivity index (χ0n) is 14.4. The molecule has 3 heterocycles. The number of nitrogens with zero attached hydrogens (tertiary/aromatic N) is 4. The molecule has 5 nitrogen and oxygen atoms in total. The highest BCUT2D eigenvalue weighted by Crippen LogP contribution is 2.48. The van der Waals surface area contributed by atoms with Gasteiger partial charge in [0.15, 0.2) is 0 Å². The third kappa shape index (κ3) is 2.83. The number of rotatable bonds is 4. The zero-order valence-corrected chi connectivity index (χ0v) is 14.4. The van der Waals surface area contributed by atoms with E-state index in [0.717, 1.165) is 38.0 Å². The highest BCUT2D eigenvalue weighted by Gasteiger charge is 2.47. The molecule has 0 bridgehead atoms. The van der Waals surface area contributed by atoms with E-state index in [2.05, 4.69) is 38.7 Å². The van der Waals surface area contributed by atoms with Crippen molar-refractivity contribution in [3.05, 3.63) is 47.5 Å². The summed E-state index contributed by atoms with van der Waals surface area (Å²) >= 11 is 0. The van der Waals surface area contributed by atoms with Gasteiger partial charge in [0.2, 0.25) is 5.91 Å². The van der Waals surface area contributed by atoms with Crippen molar-refractivity contribution in [1.82, 2.24) is 19.7 Å². The SMILES string of the molecule is Cc1cc(C)n(C[C@@H]2CCCN2C(=O)[C@@H]2C[C@@H]2c2cccnc2)n1. The van der Waals surface area contributed by atoms with Gasteiger partial charge >= 0.3 is 0 Å². The highest BCUT2D eigenvalue weighted by atomic mass is 16.2. The second-order valence-corrected chi connectivity index (χ2v) is 7.17. The molecule has 5 heteroatoms. The number of carbonyl (C=O) groups is 1. The molecule has 2 aromatic rings. The van der Waals surface area contributed by atoms with Gasteiger partial charge in [-0.2, -0.15) is 5.10 Å². The fourth-order valence-corrected chi connectivity index (χ4v) is 4.02. The summed E-state index contributed by atoms with van der Waals surface area (Å²) in [5, 5.41) is 4.56. The van der Waals surface area contributed by atoms with Crippen molar-refractivity contribution in [2.45, 2.75) is 51.6 Å². The number of hydrogen-bond donors (Lipinski definition) is 0. The Labute approximate surface area is 142 Å². The molecule has 0 aromatic carbocycles. The third-order valence-electron chi connectivity index (χ3n) is 5.37. The second kappa shape index (κ2) is 6.04. The van der Waals surface area contributed by atoms with Gasteiger partial charge in [-0.15, -0.1) is 0 Å². The molecule has 1 saturated heterocycles. The van der Waals surface area contributed by atoms with Crippen LogP contribution >= 0.6 is 0 Å². The van der Waals surface area contributed by atoms with Crippen LogP contribution in [0.4, 0.5) is 0 Å². The summed E-state index contributed by atoms with van der Waals surface area (Å²) in [6.45, 7) is 5.80. The number of likely N-dealkylation sites (tertiary alicyclic amines) is 1. The van der Waals surface area contributed by atoms with Crippen LogP contribution in [0.3, 0.4) is 0 Å². The van der Waals surface area contributed by atoms with E-state index in [-0.39, 0.29) is 12.0 Å². The van der Waals surface area contributed by atoms with Crippen molar-refractivity contribution >= 4 is 5.91 Å². The number of amides is 1. The summed E-state index contributed by atoms with van der Waals surface area (Å²) in [5.74, 6) is 0.837. The second-order valence-electron chi connectivity index (χ2n) is 7.17. The Morgan fingerprint density at radius 2 is 2.25 bits per heavy atom. The minimum absolute atomic E-state index is 0.148. The molecule has 1 amide bonds. The predicted octanol–water partition coefficient (Wildman–Crippen LogP) is 2.69. The highest BCUT2D eigenvalue weighted by molar-refractivity contribution is 5.83. The standard InChI is InChI=1S/C19H24N4O/c1-13-9-14(2)23(21-13)12-16-6-4-8-22(16)19(24)18-10-17(18)15-5-3-7-20-11-15/h3,5,7,9,11,16-18H,4,6,8,10,12H2,1-2H3/t16-,17+,18+/m0/s1. The molecule has 2 aromatic heterocycles. The number of pyridine rings is 1. The van der Waals surface area contributed by atoms with Crippen LogP contribution in [-0.4, -0.2) is 38.2 Å². The average Bonchev–Trinajstić information content (AvgIpc) is 3.15. The number of aromatic nitrogens is 3. The van der Waals surface area contributed by atoms with E-state index < -0.39 is 0 Å². The topological polar surface area (TPSA) is 51.0 Å². The van der Waals surface area contributed by atoms with E-state index in [1.54, 1.807) is 6.20 Å². The average molecular weight is 324 g/mol. The van der Waals surface area contributed by atoms with E-state index in [0.29, 0.717) is 11.8 Å². The van der Waals surface area contributed by atoms with E-state index in [4.69, 9.17) is 0 Å². The van der Waals surface area contributed by atoms with Gasteiger partial charge in [-0.05, 0) is 56.7 Å². The fraction of sp³-hybridized carbons (Fsp3) is 0.526. The first-order valence-electron chi connectivity index (χ1n) is 8.85. The molecule has 126 valence electrons. The molecule has 24 heavy (non-hydrogen) atoms. The van der Waals surface area contributed by atoms with Crippen LogP contribution in [0.1, 0.15) is 42.1 Å². The molecule has 0 spiro atoms. The van der Waals surface area contributed by atoms with Crippen molar-refractivity contribution in [2.24, 2.45) is 5.92 Å². The monoisotopic (exact) mass is 324 g/mol. The fourth-order valence-electron chi connectivity index (χ4n) is 4.02. The Morgan fingerprint density at radius 1 is 1.38 bits per heavy atom. The molecule has 0 N–H and O–H groups in total. The molecule has 4 rings (SSSR count). The lowest BCUT2D eigenvalue weighted by Crippen LogP contribution is -2.39. The van der Waals surface area contributed by atoms with Gasteiger partial charge in [-0.1, -0.05) is 6.07 Å². The summed E-state index contributed by atoms with van der Waals surface area (Å²) in [7, 11) is 0. The molecule has 1 saturated carbocycles. The molecular weight excluding hydrogens is 300 g/mol. The maximum atomic E-state index is 13.0. The van der Waals surface area contributed by atoms with Crippen LogP contribution in [-0.2, 0) is 11.3 Å². The quantitative estimate of drug-likeness (QED) is 0.869. The van der Waals surface area contributed by atoms with Crippen molar-refractivity contribution in [3.63, 3.8) is 0 Å². The predicted molar refractivity (Wildman–Crippen MR) is 91.5 cm³/mol. The smallest absolute Gasteiger partial charge is 0.226 e. The number of hydrogen-bond acceptors (Lipinski definition) is 3. The Morgan fingerprint density at radius 3 is 2.96 bits per heavy atom. The zero-order chi connectivity index (χ0) is 16.7. The maximum absolute atomic E-state index is 13.0. The third-order valence-corrected chi connectivity index (χ3v) is 5.37. The normalized spacial score (nSPS) is 25.9. The van der Waals surface area contributed by atoms with E-state index in [9.17, 15) is 4.79 Å². The van der Waals surface area contributed by atoms with Crippen LogP contribution in [0.15, 0.2) is 30.6 Å². The van der Waals surface area contributed by atoms with Crippen molar-refractivity contribution in [2.75, 3.05) is 6.54 Å². The van der Waals surface area contributed by atoms with Crippen molar-refractivity contribution in [3.8, 4) is 0 Å². The summed E-state index contributed by atoms with van der Waals surface area (Å²) < 4.78 is 2.05. The van der Waals surface area contributed by atoms with Gasteiger partial charge in [0.05, 0.1) is 18.3 Å². The molecule has 3 atom stereocenters. The minimum Gasteiger partial charge on any atom is -0.338 e. The van der Waals surface area contributed by atoms with E-state index in [1.165, 1.54) is 11.3 Å². The molecule has 0 radical (unpaired) electrons.